The van der Waals surface area contributed by atoms with Crippen molar-refractivity contribution in [1.29, 1.82) is 0 Å². The van der Waals surface area contributed by atoms with Crippen LogP contribution in [0.5, 0.6) is 0 Å². The average molecular weight is 170 g/mol. The Morgan fingerprint density at radius 1 is 1.33 bits per heavy atom. The second-order valence-electron chi connectivity index (χ2n) is 3.51. The molecule has 12 heavy (non-hydrogen) atoms. The lowest BCUT2D eigenvalue weighted by Crippen LogP contribution is -2.35. The molecular formula is C9H14O3. The van der Waals surface area contributed by atoms with Crippen LogP contribution in [0.25, 0.3) is 0 Å². The summed E-state index contributed by atoms with van der Waals surface area (Å²) in [6, 6.07) is 0. The first-order chi connectivity index (χ1) is 5.57. The fourth-order valence-corrected chi connectivity index (χ4v) is 1.62. The first-order valence-electron chi connectivity index (χ1n) is 4.00. The Morgan fingerprint density at radius 3 is 2.00 bits per heavy atom. The van der Waals surface area contributed by atoms with E-state index >= 15 is 0 Å². The second-order valence-corrected chi connectivity index (χ2v) is 3.51. The molecule has 0 amide bonds. The number of carbonyl (C=O) groups excluding carboxylic acids is 1. The van der Waals surface area contributed by atoms with Crippen molar-refractivity contribution in [3.05, 3.63) is 11.1 Å². The summed E-state index contributed by atoms with van der Waals surface area (Å²) in [5.41, 5.74) is 0.745. The Kier molecular flexibility index (Phi) is 2.35. The van der Waals surface area contributed by atoms with Gasteiger partial charge in [-0.3, -0.25) is 4.79 Å². The maximum absolute atomic E-state index is 11.5. The van der Waals surface area contributed by atoms with Crippen LogP contribution in [0.1, 0.15) is 20.3 Å². The zero-order valence-electron chi connectivity index (χ0n) is 7.42. The number of Topliss-reactive ketones (excluding diaryl/α,β-unsaturated/α-hetero) is 1. The summed E-state index contributed by atoms with van der Waals surface area (Å²) in [4.78, 5) is 11.5. The number of carbonyl (C=O) groups is 1. The van der Waals surface area contributed by atoms with Gasteiger partial charge >= 0.3 is 0 Å². The number of aliphatic hydroxyl groups excluding tert-OH is 2. The van der Waals surface area contributed by atoms with Crippen LogP contribution >= 0.6 is 0 Å². The molecule has 0 spiro atoms. The van der Waals surface area contributed by atoms with Gasteiger partial charge in [0.1, 0.15) is 0 Å². The van der Waals surface area contributed by atoms with Crippen molar-refractivity contribution in [2.24, 2.45) is 5.41 Å². The molecule has 0 aromatic carbocycles. The van der Waals surface area contributed by atoms with Crippen LogP contribution in [0.2, 0.25) is 0 Å². The third-order valence-electron chi connectivity index (χ3n) is 2.67. The first kappa shape index (κ1) is 9.42. The number of allylic oxidation sites excluding steroid dienone is 2. The molecule has 3 nitrogen and oxygen atoms in total. The summed E-state index contributed by atoms with van der Waals surface area (Å²) >= 11 is 0. The van der Waals surface area contributed by atoms with Crippen molar-refractivity contribution < 1.29 is 15.0 Å². The van der Waals surface area contributed by atoms with Gasteiger partial charge < -0.3 is 10.2 Å². The number of aliphatic hydroxyl groups is 2. The Hall–Kier alpha value is -0.670. The van der Waals surface area contributed by atoms with E-state index in [0.717, 1.165) is 5.57 Å². The van der Waals surface area contributed by atoms with E-state index < -0.39 is 5.41 Å². The SMILES string of the molecule is CC1=C(C)C(=O)C(CO)(CO)C1. The zero-order chi connectivity index (χ0) is 9.35. The minimum Gasteiger partial charge on any atom is -0.395 e. The highest BCUT2D eigenvalue weighted by Gasteiger charge is 2.43. The van der Waals surface area contributed by atoms with Crippen molar-refractivity contribution in [1.82, 2.24) is 0 Å². The van der Waals surface area contributed by atoms with Crippen LogP contribution in [0.15, 0.2) is 11.1 Å². The van der Waals surface area contributed by atoms with E-state index in [1.54, 1.807) is 6.92 Å². The molecule has 3 heteroatoms. The fourth-order valence-electron chi connectivity index (χ4n) is 1.62. The molecule has 1 rings (SSSR count). The Labute approximate surface area is 71.7 Å². The van der Waals surface area contributed by atoms with Gasteiger partial charge in [0.25, 0.3) is 0 Å². The predicted molar refractivity (Wildman–Crippen MR) is 44.6 cm³/mol. The van der Waals surface area contributed by atoms with Gasteiger partial charge in [-0.15, -0.1) is 0 Å². The lowest BCUT2D eigenvalue weighted by Gasteiger charge is -2.22. The monoisotopic (exact) mass is 170 g/mol. The van der Waals surface area contributed by atoms with Crippen LogP contribution in [0.4, 0.5) is 0 Å². The van der Waals surface area contributed by atoms with E-state index in [1.807, 2.05) is 6.92 Å². The van der Waals surface area contributed by atoms with Gasteiger partial charge in [0, 0.05) is 0 Å². The van der Waals surface area contributed by atoms with Crippen molar-refractivity contribution in [2.75, 3.05) is 13.2 Å². The minimum absolute atomic E-state index is 0.106. The van der Waals surface area contributed by atoms with Gasteiger partial charge in [0.15, 0.2) is 5.78 Å². The fraction of sp³-hybridized carbons (Fsp3) is 0.667. The number of rotatable bonds is 2. The largest absolute Gasteiger partial charge is 0.395 e. The highest BCUT2D eigenvalue weighted by molar-refractivity contribution is 6.03. The lowest BCUT2D eigenvalue weighted by atomic mass is 9.85. The molecule has 0 atom stereocenters. The Balaban J connectivity index is 2.97. The Bertz CT molecular complexity index is 236. The molecule has 0 aromatic heterocycles. The summed E-state index contributed by atoms with van der Waals surface area (Å²) < 4.78 is 0. The standard InChI is InChI=1S/C9H14O3/c1-6-3-9(4-10,5-11)8(12)7(6)2/h10-11H,3-5H2,1-2H3. The molecule has 0 heterocycles. The third kappa shape index (κ3) is 1.09. The first-order valence-corrected chi connectivity index (χ1v) is 4.00. The summed E-state index contributed by atoms with van der Waals surface area (Å²) in [6.45, 7) is 3.07. The van der Waals surface area contributed by atoms with Crippen LogP contribution < -0.4 is 0 Å². The smallest absolute Gasteiger partial charge is 0.169 e. The van der Waals surface area contributed by atoms with Crippen LogP contribution in [0, 0.1) is 5.41 Å². The van der Waals surface area contributed by atoms with Crippen LogP contribution in [0.3, 0.4) is 0 Å². The molecule has 0 fully saturated rings. The van der Waals surface area contributed by atoms with Gasteiger partial charge in [0.05, 0.1) is 18.6 Å². The molecule has 1 aliphatic rings. The number of ketones is 1. The number of hydrogen-bond donors (Lipinski definition) is 2. The second kappa shape index (κ2) is 2.99. The normalized spacial score (nSPS) is 22.2. The molecule has 0 unspecified atom stereocenters. The van der Waals surface area contributed by atoms with Gasteiger partial charge in [-0.2, -0.15) is 0 Å². The van der Waals surface area contributed by atoms with E-state index in [1.165, 1.54) is 0 Å². The average Bonchev–Trinajstić information content (AvgIpc) is 2.30. The molecular weight excluding hydrogens is 156 g/mol. The third-order valence-corrected chi connectivity index (χ3v) is 2.67. The van der Waals surface area contributed by atoms with Crippen molar-refractivity contribution in [2.45, 2.75) is 20.3 Å². The maximum Gasteiger partial charge on any atom is 0.169 e. The molecule has 0 aliphatic heterocycles. The Morgan fingerprint density at radius 2 is 1.83 bits per heavy atom. The lowest BCUT2D eigenvalue weighted by molar-refractivity contribution is -0.128. The summed E-state index contributed by atoms with van der Waals surface area (Å²) in [5, 5.41) is 18.0. The molecule has 0 radical (unpaired) electrons. The molecule has 0 bridgehead atoms. The highest BCUT2D eigenvalue weighted by atomic mass is 16.3. The van der Waals surface area contributed by atoms with Gasteiger partial charge in [0.2, 0.25) is 0 Å². The molecule has 0 saturated carbocycles. The zero-order valence-corrected chi connectivity index (χ0v) is 7.42. The van der Waals surface area contributed by atoms with Crippen molar-refractivity contribution in [3.8, 4) is 0 Å². The molecule has 2 N–H and O–H groups in total. The molecule has 68 valence electrons. The van der Waals surface area contributed by atoms with Gasteiger partial charge in [-0.25, -0.2) is 0 Å². The predicted octanol–water partition coefficient (Wildman–Crippen LogP) is 0.267. The molecule has 1 aliphatic carbocycles. The summed E-state index contributed by atoms with van der Waals surface area (Å²) in [7, 11) is 0. The summed E-state index contributed by atoms with van der Waals surface area (Å²) in [5.74, 6) is -0.106. The van der Waals surface area contributed by atoms with Crippen LogP contribution in [-0.2, 0) is 4.79 Å². The van der Waals surface area contributed by atoms with E-state index in [9.17, 15) is 4.79 Å². The molecule has 0 saturated heterocycles. The quantitative estimate of drug-likeness (QED) is 0.625. The van der Waals surface area contributed by atoms with Crippen molar-refractivity contribution >= 4 is 5.78 Å². The van der Waals surface area contributed by atoms with E-state index in [2.05, 4.69) is 0 Å². The highest BCUT2D eigenvalue weighted by Crippen LogP contribution is 2.37. The number of hydrogen-bond acceptors (Lipinski definition) is 3. The minimum atomic E-state index is -0.922. The van der Waals surface area contributed by atoms with Gasteiger partial charge in [-0.1, -0.05) is 5.57 Å². The van der Waals surface area contributed by atoms with E-state index in [4.69, 9.17) is 10.2 Å². The van der Waals surface area contributed by atoms with E-state index in [-0.39, 0.29) is 19.0 Å². The maximum atomic E-state index is 11.5. The van der Waals surface area contributed by atoms with Crippen LogP contribution in [-0.4, -0.2) is 29.2 Å². The topological polar surface area (TPSA) is 57.5 Å². The van der Waals surface area contributed by atoms with Gasteiger partial charge in [-0.05, 0) is 25.8 Å². The van der Waals surface area contributed by atoms with Crippen molar-refractivity contribution in [3.63, 3.8) is 0 Å². The van der Waals surface area contributed by atoms with E-state index in [0.29, 0.717) is 12.0 Å². The molecule has 0 aromatic rings. The summed E-state index contributed by atoms with van der Waals surface area (Å²) in [6.07, 6.45) is 0.491.